The number of nitrogens with zero attached hydrogens (tertiary/aromatic N) is 1. The standard InChI is InChI=1S/C16H20FNO3/c17-13-6-3-5-12(11-13)14-7-4-10-18(14)15(19)8-1-2-9-16(20)21/h3,5-6,11,14H,1-2,4,7-10H2,(H,20,21). The summed E-state index contributed by atoms with van der Waals surface area (Å²) in [6, 6.07) is 6.35. The van der Waals surface area contributed by atoms with Gasteiger partial charge < -0.3 is 10.0 Å². The number of carboxylic acid groups (broad SMARTS) is 1. The number of hydrogen-bond acceptors (Lipinski definition) is 2. The van der Waals surface area contributed by atoms with Gasteiger partial charge in [-0.2, -0.15) is 0 Å². The summed E-state index contributed by atoms with van der Waals surface area (Å²) in [4.78, 5) is 24.5. The molecule has 2 rings (SSSR count). The van der Waals surface area contributed by atoms with E-state index in [4.69, 9.17) is 5.11 Å². The van der Waals surface area contributed by atoms with Crippen LogP contribution in [0.25, 0.3) is 0 Å². The number of halogens is 1. The smallest absolute Gasteiger partial charge is 0.303 e. The summed E-state index contributed by atoms with van der Waals surface area (Å²) < 4.78 is 13.3. The van der Waals surface area contributed by atoms with Gasteiger partial charge in [-0.1, -0.05) is 12.1 Å². The highest BCUT2D eigenvalue weighted by molar-refractivity contribution is 5.77. The van der Waals surface area contributed by atoms with E-state index in [0.717, 1.165) is 18.4 Å². The Labute approximate surface area is 123 Å². The summed E-state index contributed by atoms with van der Waals surface area (Å²) in [5.41, 5.74) is 0.839. The number of carbonyl (C=O) groups is 2. The molecule has 1 aromatic carbocycles. The van der Waals surface area contributed by atoms with Crippen molar-refractivity contribution in [3.05, 3.63) is 35.6 Å². The molecule has 5 heteroatoms. The molecule has 0 bridgehead atoms. The van der Waals surface area contributed by atoms with E-state index in [1.54, 1.807) is 11.0 Å². The minimum Gasteiger partial charge on any atom is -0.481 e. The van der Waals surface area contributed by atoms with Gasteiger partial charge in [0.15, 0.2) is 0 Å². The lowest BCUT2D eigenvalue weighted by atomic mass is 10.0. The lowest BCUT2D eigenvalue weighted by Gasteiger charge is -2.25. The van der Waals surface area contributed by atoms with Gasteiger partial charge in [0.1, 0.15) is 5.82 Å². The minimum atomic E-state index is -0.832. The van der Waals surface area contributed by atoms with Crippen LogP contribution < -0.4 is 0 Å². The van der Waals surface area contributed by atoms with Crippen LogP contribution in [-0.4, -0.2) is 28.4 Å². The number of aliphatic carboxylic acids is 1. The maximum absolute atomic E-state index is 13.3. The Kier molecular flexibility index (Phi) is 5.31. The molecule has 0 aromatic heterocycles. The van der Waals surface area contributed by atoms with Crippen molar-refractivity contribution >= 4 is 11.9 Å². The molecule has 0 spiro atoms. The van der Waals surface area contributed by atoms with Gasteiger partial charge in [-0.3, -0.25) is 9.59 Å². The molecule has 1 N–H and O–H groups in total. The van der Waals surface area contributed by atoms with Crippen LogP contribution in [-0.2, 0) is 9.59 Å². The second-order valence-electron chi connectivity index (χ2n) is 5.40. The first kappa shape index (κ1) is 15.5. The summed E-state index contributed by atoms with van der Waals surface area (Å²) in [5.74, 6) is -1.08. The normalized spacial score (nSPS) is 18.0. The molecule has 4 nitrogen and oxygen atoms in total. The number of carboxylic acids is 1. The molecule has 1 amide bonds. The molecule has 114 valence electrons. The summed E-state index contributed by atoms with van der Waals surface area (Å²) in [6.07, 6.45) is 3.32. The quantitative estimate of drug-likeness (QED) is 0.820. The molecule has 1 heterocycles. The Bertz CT molecular complexity index is 518. The molecule has 1 saturated heterocycles. The average molecular weight is 293 g/mol. The predicted octanol–water partition coefficient (Wildman–Crippen LogP) is 3.13. The monoisotopic (exact) mass is 293 g/mol. The predicted molar refractivity (Wildman–Crippen MR) is 76.2 cm³/mol. The maximum atomic E-state index is 13.3. The fraction of sp³-hybridized carbons (Fsp3) is 0.500. The highest BCUT2D eigenvalue weighted by atomic mass is 19.1. The van der Waals surface area contributed by atoms with Crippen molar-refractivity contribution in [1.29, 1.82) is 0 Å². The summed E-state index contributed by atoms with van der Waals surface area (Å²) in [6.45, 7) is 0.693. The molecule has 0 aliphatic carbocycles. The van der Waals surface area contributed by atoms with Crippen molar-refractivity contribution in [2.75, 3.05) is 6.54 Å². The van der Waals surface area contributed by atoms with Crippen LogP contribution in [0.15, 0.2) is 24.3 Å². The molecule has 0 saturated carbocycles. The highest BCUT2D eigenvalue weighted by Crippen LogP contribution is 2.32. The van der Waals surface area contributed by atoms with E-state index in [2.05, 4.69) is 0 Å². The third-order valence-corrected chi connectivity index (χ3v) is 3.84. The van der Waals surface area contributed by atoms with Crippen molar-refractivity contribution in [2.45, 2.75) is 44.6 Å². The zero-order chi connectivity index (χ0) is 15.2. The van der Waals surface area contributed by atoms with Crippen molar-refractivity contribution in [3.8, 4) is 0 Å². The fourth-order valence-electron chi connectivity index (χ4n) is 2.82. The number of carbonyl (C=O) groups excluding carboxylic acids is 1. The van der Waals surface area contributed by atoms with E-state index in [0.29, 0.717) is 25.8 Å². The molecule has 1 aromatic rings. The van der Waals surface area contributed by atoms with Gasteiger partial charge in [-0.15, -0.1) is 0 Å². The van der Waals surface area contributed by atoms with Crippen molar-refractivity contribution < 1.29 is 19.1 Å². The Morgan fingerprint density at radius 3 is 2.76 bits per heavy atom. The zero-order valence-corrected chi connectivity index (χ0v) is 11.9. The Balaban J connectivity index is 1.92. The number of rotatable bonds is 6. The van der Waals surface area contributed by atoms with E-state index in [-0.39, 0.29) is 24.2 Å². The molecule has 21 heavy (non-hydrogen) atoms. The van der Waals surface area contributed by atoms with E-state index < -0.39 is 5.97 Å². The number of amides is 1. The number of benzene rings is 1. The van der Waals surface area contributed by atoms with Gasteiger partial charge in [0.2, 0.25) is 5.91 Å². The van der Waals surface area contributed by atoms with Gasteiger partial charge >= 0.3 is 5.97 Å². The van der Waals surface area contributed by atoms with E-state index in [1.165, 1.54) is 12.1 Å². The number of hydrogen-bond donors (Lipinski definition) is 1. The third-order valence-electron chi connectivity index (χ3n) is 3.84. The summed E-state index contributed by atoms with van der Waals surface area (Å²) >= 11 is 0. The number of unbranched alkanes of at least 4 members (excludes halogenated alkanes) is 1. The molecule has 1 fully saturated rings. The average Bonchev–Trinajstić information content (AvgIpc) is 2.92. The molecule has 1 unspecified atom stereocenters. The molecule has 1 atom stereocenters. The molecule has 0 radical (unpaired) electrons. The Hall–Kier alpha value is -1.91. The first-order chi connectivity index (χ1) is 10.1. The lowest BCUT2D eigenvalue weighted by Crippen LogP contribution is -2.30. The van der Waals surface area contributed by atoms with E-state index in [9.17, 15) is 14.0 Å². The maximum Gasteiger partial charge on any atom is 0.303 e. The highest BCUT2D eigenvalue weighted by Gasteiger charge is 2.29. The van der Waals surface area contributed by atoms with E-state index in [1.807, 2.05) is 6.07 Å². The molecular formula is C16H20FNO3. The second kappa shape index (κ2) is 7.20. The molecule has 1 aliphatic heterocycles. The van der Waals surface area contributed by atoms with Gasteiger partial charge in [0.05, 0.1) is 6.04 Å². The van der Waals surface area contributed by atoms with Crippen LogP contribution >= 0.6 is 0 Å². The van der Waals surface area contributed by atoms with Gasteiger partial charge in [0, 0.05) is 19.4 Å². The SMILES string of the molecule is O=C(O)CCCCC(=O)N1CCCC1c1cccc(F)c1. The summed E-state index contributed by atoms with van der Waals surface area (Å²) in [7, 11) is 0. The van der Waals surface area contributed by atoms with Crippen molar-refractivity contribution in [3.63, 3.8) is 0 Å². The fourth-order valence-corrected chi connectivity index (χ4v) is 2.82. The molecular weight excluding hydrogens is 273 g/mol. The first-order valence-corrected chi connectivity index (χ1v) is 7.34. The van der Waals surface area contributed by atoms with Crippen LogP contribution in [0.3, 0.4) is 0 Å². The lowest BCUT2D eigenvalue weighted by molar-refractivity contribution is -0.137. The van der Waals surface area contributed by atoms with Crippen LogP contribution in [0.1, 0.15) is 50.1 Å². The molecule has 1 aliphatic rings. The van der Waals surface area contributed by atoms with Gasteiger partial charge in [-0.05, 0) is 43.4 Å². The summed E-state index contributed by atoms with van der Waals surface area (Å²) in [5, 5.41) is 8.58. The van der Waals surface area contributed by atoms with Crippen LogP contribution in [0.2, 0.25) is 0 Å². The van der Waals surface area contributed by atoms with Gasteiger partial charge in [0.25, 0.3) is 0 Å². The minimum absolute atomic E-state index is 0.0344. The topological polar surface area (TPSA) is 57.6 Å². The number of likely N-dealkylation sites (tertiary alicyclic amines) is 1. The third kappa shape index (κ3) is 4.28. The van der Waals surface area contributed by atoms with Crippen molar-refractivity contribution in [1.82, 2.24) is 4.90 Å². The largest absolute Gasteiger partial charge is 0.481 e. The van der Waals surface area contributed by atoms with Crippen molar-refractivity contribution in [2.24, 2.45) is 0 Å². The van der Waals surface area contributed by atoms with Gasteiger partial charge in [-0.25, -0.2) is 4.39 Å². The van der Waals surface area contributed by atoms with Crippen LogP contribution in [0.4, 0.5) is 4.39 Å². The van der Waals surface area contributed by atoms with Crippen LogP contribution in [0.5, 0.6) is 0 Å². The van der Waals surface area contributed by atoms with E-state index >= 15 is 0 Å². The Morgan fingerprint density at radius 1 is 1.29 bits per heavy atom. The zero-order valence-electron chi connectivity index (χ0n) is 11.9. The van der Waals surface area contributed by atoms with Crippen LogP contribution in [0, 0.1) is 5.82 Å². The second-order valence-corrected chi connectivity index (χ2v) is 5.40. The first-order valence-electron chi connectivity index (χ1n) is 7.34. The Morgan fingerprint density at radius 2 is 2.05 bits per heavy atom.